The van der Waals surface area contributed by atoms with Crippen LogP contribution in [0.5, 0.6) is 0 Å². The zero-order valence-corrected chi connectivity index (χ0v) is 58.9. The van der Waals surface area contributed by atoms with Crippen LogP contribution in [-0.2, 0) is 13.1 Å². The summed E-state index contributed by atoms with van der Waals surface area (Å²) in [4.78, 5) is 33.2. The fourth-order valence-electron chi connectivity index (χ4n) is 13.3. The zero-order chi connectivity index (χ0) is 59.0. The molecule has 5 aromatic rings. The van der Waals surface area contributed by atoms with E-state index in [1.807, 2.05) is 11.3 Å². The van der Waals surface area contributed by atoms with E-state index in [0.717, 1.165) is 64.1 Å². The van der Waals surface area contributed by atoms with Crippen LogP contribution in [0.2, 0.25) is 0 Å². The first kappa shape index (κ1) is 71.6. The number of unbranched alkanes of at least 4 members (excludes halogenated alkanes) is 34. The quantitative estimate of drug-likeness (QED) is 0.0288. The van der Waals surface area contributed by atoms with Gasteiger partial charge in [-0.15, -0.1) is 0 Å². The molecule has 0 fully saturated rings. The van der Waals surface area contributed by atoms with E-state index in [-0.39, 0.29) is 40.1 Å². The summed E-state index contributed by atoms with van der Waals surface area (Å²) in [5.74, 6) is 1.56. The predicted octanol–water partition coefficient (Wildman–Crippen LogP) is 24.2. The van der Waals surface area contributed by atoms with Crippen molar-refractivity contribution in [1.29, 1.82) is 0 Å². The van der Waals surface area contributed by atoms with E-state index >= 15 is 9.59 Å². The molecule has 0 spiro atoms. The minimum atomic E-state index is 0.0169. The Balaban J connectivity index is 1.36. The summed E-state index contributed by atoms with van der Waals surface area (Å²) in [5.41, 5.74) is 3.85. The van der Waals surface area contributed by atoms with E-state index in [9.17, 15) is 0 Å². The van der Waals surface area contributed by atoms with Gasteiger partial charge in [-0.1, -0.05) is 207 Å². The summed E-state index contributed by atoms with van der Waals surface area (Å²) in [6, 6.07) is 17.7. The molecule has 5 rings (SSSR count). The van der Waals surface area contributed by atoms with Crippen LogP contribution in [-0.4, -0.2) is 38.1 Å². The van der Waals surface area contributed by atoms with E-state index in [1.165, 1.54) is 293 Å². The number of aromatic nitrogens is 2. The Bertz CT molecular complexity index is 2520. The van der Waals surface area contributed by atoms with Crippen LogP contribution in [0.1, 0.15) is 332 Å². The molecule has 0 aromatic carbocycles. The van der Waals surface area contributed by atoms with Crippen LogP contribution < -0.4 is 11.1 Å². The molecule has 0 N–H and O–H groups in total. The summed E-state index contributed by atoms with van der Waals surface area (Å²) in [6.07, 6.45) is 62.3. The second-order valence-electron chi connectivity index (χ2n) is 26.0. The summed E-state index contributed by atoms with van der Waals surface area (Å²) >= 11 is 1.99. The van der Waals surface area contributed by atoms with E-state index in [4.69, 9.17) is 0 Å². The molecule has 83 heavy (non-hydrogen) atoms. The summed E-state index contributed by atoms with van der Waals surface area (Å²) in [7, 11) is 0. The third-order valence-electron chi connectivity index (χ3n) is 18.6. The Morgan fingerprint density at radius 1 is 0.349 bits per heavy atom. The first-order valence-corrected chi connectivity index (χ1v) is 40.1. The van der Waals surface area contributed by atoms with E-state index in [2.05, 4.69) is 99.2 Å². The molecule has 5 heterocycles. The molecule has 0 aliphatic carbocycles. The van der Waals surface area contributed by atoms with Crippen LogP contribution in [0.25, 0.3) is 40.3 Å². The summed E-state index contributed by atoms with van der Waals surface area (Å²) in [6.45, 7) is 15.1. The molecule has 2 unspecified atom stereocenters. The summed E-state index contributed by atoms with van der Waals surface area (Å²) < 4.78 is 9.33. The summed E-state index contributed by atoms with van der Waals surface area (Å²) in [5, 5.41) is 0. The first-order valence-electron chi connectivity index (χ1n) is 35.8. The fraction of sp³-hybridized carbons (Fsp3) is 0.737. The number of fused-ring (bicyclic) bond motifs is 1. The average Bonchev–Trinajstić information content (AvgIpc) is 4.49. The van der Waals surface area contributed by atoms with Gasteiger partial charge in [-0.25, -0.2) is 0 Å². The van der Waals surface area contributed by atoms with Gasteiger partial charge in [-0.2, -0.15) is 0 Å². The first-order chi connectivity index (χ1) is 40.8. The molecule has 0 aliphatic rings. The molecule has 0 saturated heterocycles. The number of aryl methyl sites for hydroxylation is 4. The van der Waals surface area contributed by atoms with Gasteiger partial charge in [0.2, 0.25) is 0 Å². The van der Waals surface area contributed by atoms with Crippen LogP contribution in [0.3, 0.4) is 0 Å². The minimum Gasteiger partial charge on any atom is -0.0654 e. The molecule has 4 nitrogen and oxygen atoms in total. The average molecular weight is 1290 g/mol. The molecular weight excluding hydrogens is 1160 g/mol. The van der Waals surface area contributed by atoms with Crippen molar-refractivity contribution < 1.29 is 0 Å². The Kier molecular flexibility index (Phi) is 39.0. The van der Waals surface area contributed by atoms with Gasteiger partial charge in [0, 0.05) is 0 Å². The van der Waals surface area contributed by atoms with Crippen molar-refractivity contribution in [2.45, 2.75) is 350 Å². The number of nitrogens with zero attached hydrogens (tertiary/aromatic N) is 2. The van der Waals surface area contributed by atoms with Crippen molar-refractivity contribution in [1.82, 2.24) is 9.13 Å². The van der Waals surface area contributed by atoms with Crippen molar-refractivity contribution in [3.05, 3.63) is 78.6 Å². The number of rotatable bonds is 53. The molecule has 0 saturated carbocycles. The van der Waals surface area contributed by atoms with Crippen molar-refractivity contribution in [2.75, 3.05) is 0 Å². The normalized spacial score (nSPS) is 12.6. The van der Waals surface area contributed by atoms with Gasteiger partial charge in [-0.05, 0) is 0 Å². The standard InChI is InChI=1S/C76H124N2O2SSe2/c1-7-11-15-19-23-27-29-33-37-41-49-65(47-39-35-31-25-21-17-13-9-3)51-43-45-59-77-70-62-68(73-57-58-74(83-73)71-55-53-63(5)81-71)76(80)78(69(70)61-67(75(77)79)72-56-54-64(6)82-72)60-46-44-52-66(48-40-36-32-26-22-18-14-10-4)50-42-38-34-30-28-24-20-16-12-8-2/h53-58,61-62,65-66H,7-52,59-60H2,1-6H3. The van der Waals surface area contributed by atoms with Crippen LogP contribution >= 0.6 is 11.3 Å². The maximum absolute atomic E-state index is 15.4. The minimum absolute atomic E-state index is 0.0169. The third-order valence-corrected chi connectivity index (χ3v) is 24.5. The zero-order valence-electron chi connectivity index (χ0n) is 54.7. The van der Waals surface area contributed by atoms with Gasteiger partial charge >= 0.3 is 323 Å². The Labute approximate surface area is 526 Å². The molecule has 0 aliphatic heterocycles. The van der Waals surface area contributed by atoms with Gasteiger partial charge in [0.25, 0.3) is 0 Å². The third kappa shape index (κ3) is 28.3. The molecule has 0 radical (unpaired) electrons. The molecule has 5 aromatic heterocycles. The number of thiophene rings is 1. The molecular formula is C76H124N2O2SSe2. The van der Waals surface area contributed by atoms with E-state index < -0.39 is 0 Å². The number of hydrogen-bond donors (Lipinski definition) is 0. The Hall–Kier alpha value is -2.14. The van der Waals surface area contributed by atoms with Gasteiger partial charge in [-0.3, -0.25) is 0 Å². The van der Waals surface area contributed by atoms with Crippen LogP contribution in [0.4, 0.5) is 0 Å². The predicted molar refractivity (Wildman–Crippen MR) is 372 cm³/mol. The Morgan fingerprint density at radius 2 is 0.651 bits per heavy atom. The molecule has 0 amide bonds. The topological polar surface area (TPSA) is 44.0 Å². The van der Waals surface area contributed by atoms with Crippen molar-refractivity contribution >= 4 is 51.4 Å². The second-order valence-corrected chi connectivity index (χ2v) is 32.2. The number of pyridine rings is 2. The van der Waals surface area contributed by atoms with Gasteiger partial charge in [0.15, 0.2) is 0 Å². The fourth-order valence-corrected chi connectivity index (χ4v) is 18.4. The second kappa shape index (κ2) is 45.2. The van der Waals surface area contributed by atoms with Crippen LogP contribution in [0.15, 0.2) is 58.1 Å². The SMILES string of the molecule is CCCCCCCCCCCCC(CCCCCCCCCC)CCCCn1c(=O)c(-c2ccc(C)[se]2)cc2c1cc(-c1ccc(-c3ccc(C)s3)[se]1)c(=O)n2CCCCC(CCCCCCCCCC)CCCCCCCCCCCC. The van der Waals surface area contributed by atoms with Crippen LogP contribution in [0, 0.1) is 25.7 Å². The van der Waals surface area contributed by atoms with Gasteiger partial charge in [0.1, 0.15) is 0 Å². The maximum atomic E-state index is 15.4. The molecule has 7 heteroatoms. The monoisotopic (exact) mass is 1290 g/mol. The molecule has 468 valence electrons. The molecule has 0 bridgehead atoms. The Morgan fingerprint density at radius 3 is 0.964 bits per heavy atom. The number of hydrogen-bond acceptors (Lipinski definition) is 3. The van der Waals surface area contributed by atoms with Gasteiger partial charge in [0.05, 0.1) is 0 Å². The van der Waals surface area contributed by atoms with Crippen molar-refractivity contribution in [2.24, 2.45) is 11.8 Å². The van der Waals surface area contributed by atoms with Crippen molar-refractivity contribution in [3.63, 3.8) is 0 Å². The van der Waals surface area contributed by atoms with Gasteiger partial charge < -0.3 is 0 Å². The van der Waals surface area contributed by atoms with E-state index in [0.29, 0.717) is 13.1 Å². The molecule has 2 atom stereocenters. The van der Waals surface area contributed by atoms with Crippen molar-refractivity contribution in [3.8, 4) is 29.3 Å². The van der Waals surface area contributed by atoms with E-state index in [1.54, 1.807) is 0 Å². The smallest absolute Gasteiger partial charge is 0.0654 e.